The molecule has 0 aromatic heterocycles. The van der Waals surface area contributed by atoms with E-state index < -0.39 is 0 Å². The Balaban J connectivity index is 1.93. The SMILES string of the molecule is Fc1ccccc1CN(Cc1ccccc1F)c1ccc(Br)cc1. The summed E-state index contributed by atoms with van der Waals surface area (Å²) in [5, 5.41) is 0. The van der Waals surface area contributed by atoms with Crippen molar-refractivity contribution in [3.8, 4) is 0 Å². The lowest BCUT2D eigenvalue weighted by Crippen LogP contribution is -2.23. The molecule has 0 aliphatic rings. The minimum atomic E-state index is -0.256. The number of hydrogen-bond donors (Lipinski definition) is 0. The van der Waals surface area contributed by atoms with Crippen molar-refractivity contribution in [1.82, 2.24) is 0 Å². The molecular formula is C20H16BrF2N. The first-order valence-electron chi connectivity index (χ1n) is 7.61. The van der Waals surface area contributed by atoms with Crippen LogP contribution in [0.2, 0.25) is 0 Å². The number of anilines is 1. The van der Waals surface area contributed by atoms with E-state index in [4.69, 9.17) is 0 Å². The molecule has 0 bridgehead atoms. The van der Waals surface area contributed by atoms with Gasteiger partial charge in [-0.3, -0.25) is 0 Å². The Bertz CT molecular complexity index is 770. The van der Waals surface area contributed by atoms with E-state index in [9.17, 15) is 8.78 Å². The van der Waals surface area contributed by atoms with Crippen LogP contribution in [0.15, 0.2) is 77.3 Å². The highest BCUT2D eigenvalue weighted by atomic mass is 79.9. The fourth-order valence-electron chi connectivity index (χ4n) is 2.55. The normalized spacial score (nSPS) is 10.6. The molecule has 1 nitrogen and oxygen atoms in total. The van der Waals surface area contributed by atoms with E-state index in [2.05, 4.69) is 15.9 Å². The highest BCUT2D eigenvalue weighted by Crippen LogP contribution is 2.24. The van der Waals surface area contributed by atoms with Crippen LogP contribution in [0, 0.1) is 11.6 Å². The molecule has 0 amide bonds. The Morgan fingerprint density at radius 3 is 1.58 bits per heavy atom. The zero-order valence-corrected chi connectivity index (χ0v) is 14.5. The molecular weight excluding hydrogens is 372 g/mol. The third kappa shape index (κ3) is 4.01. The molecule has 0 radical (unpaired) electrons. The van der Waals surface area contributed by atoms with Crippen LogP contribution < -0.4 is 4.90 Å². The van der Waals surface area contributed by atoms with E-state index >= 15 is 0 Å². The summed E-state index contributed by atoms with van der Waals surface area (Å²) < 4.78 is 29.0. The van der Waals surface area contributed by atoms with Crippen LogP contribution >= 0.6 is 15.9 Å². The van der Waals surface area contributed by atoms with Gasteiger partial charge in [0.2, 0.25) is 0 Å². The Kier molecular flexibility index (Phi) is 5.26. The average Bonchev–Trinajstić information content (AvgIpc) is 2.59. The highest BCUT2D eigenvalue weighted by Gasteiger charge is 2.13. The number of benzene rings is 3. The first kappa shape index (κ1) is 16.7. The van der Waals surface area contributed by atoms with Crippen molar-refractivity contribution in [2.45, 2.75) is 13.1 Å². The summed E-state index contributed by atoms with van der Waals surface area (Å²) >= 11 is 3.41. The molecule has 122 valence electrons. The predicted molar refractivity (Wildman–Crippen MR) is 96.8 cm³/mol. The van der Waals surface area contributed by atoms with Crippen LogP contribution in [-0.2, 0) is 13.1 Å². The largest absolute Gasteiger partial charge is 0.363 e. The van der Waals surface area contributed by atoms with Crippen molar-refractivity contribution in [2.75, 3.05) is 4.90 Å². The predicted octanol–water partition coefficient (Wildman–Crippen LogP) is 5.93. The van der Waals surface area contributed by atoms with E-state index in [1.165, 1.54) is 12.1 Å². The number of halogens is 3. The lowest BCUT2D eigenvalue weighted by atomic mass is 10.1. The van der Waals surface area contributed by atoms with Gasteiger partial charge in [0, 0.05) is 34.4 Å². The minimum absolute atomic E-state index is 0.256. The molecule has 0 N–H and O–H groups in total. The second kappa shape index (κ2) is 7.58. The molecule has 0 saturated carbocycles. The zero-order valence-electron chi connectivity index (χ0n) is 12.9. The maximum Gasteiger partial charge on any atom is 0.128 e. The van der Waals surface area contributed by atoms with Gasteiger partial charge >= 0.3 is 0 Å². The summed E-state index contributed by atoms with van der Waals surface area (Å²) in [6.07, 6.45) is 0. The molecule has 4 heteroatoms. The summed E-state index contributed by atoms with van der Waals surface area (Å²) in [5.74, 6) is -0.513. The topological polar surface area (TPSA) is 3.24 Å². The second-order valence-corrected chi connectivity index (χ2v) is 6.43. The smallest absolute Gasteiger partial charge is 0.128 e. The van der Waals surface area contributed by atoms with Crippen molar-refractivity contribution >= 4 is 21.6 Å². The van der Waals surface area contributed by atoms with Crippen LogP contribution in [0.5, 0.6) is 0 Å². The van der Waals surface area contributed by atoms with Gasteiger partial charge in [0.25, 0.3) is 0 Å². The molecule has 0 aliphatic carbocycles. The van der Waals surface area contributed by atoms with E-state index in [1.54, 1.807) is 36.4 Å². The van der Waals surface area contributed by atoms with E-state index in [0.717, 1.165) is 10.2 Å². The van der Waals surface area contributed by atoms with E-state index in [0.29, 0.717) is 24.2 Å². The third-order valence-electron chi connectivity index (χ3n) is 3.83. The summed E-state index contributed by atoms with van der Waals surface area (Å²) in [7, 11) is 0. The number of nitrogens with zero attached hydrogens (tertiary/aromatic N) is 1. The van der Waals surface area contributed by atoms with Crippen molar-refractivity contribution in [1.29, 1.82) is 0 Å². The van der Waals surface area contributed by atoms with E-state index in [-0.39, 0.29) is 11.6 Å². The van der Waals surface area contributed by atoms with Gasteiger partial charge in [0.05, 0.1) is 0 Å². The van der Waals surface area contributed by atoms with Crippen LogP contribution in [0.3, 0.4) is 0 Å². The lowest BCUT2D eigenvalue weighted by Gasteiger charge is -2.25. The molecule has 3 aromatic carbocycles. The van der Waals surface area contributed by atoms with Gasteiger partial charge in [0.1, 0.15) is 11.6 Å². The number of rotatable bonds is 5. The fourth-order valence-corrected chi connectivity index (χ4v) is 2.82. The van der Waals surface area contributed by atoms with Crippen molar-refractivity contribution in [2.24, 2.45) is 0 Å². The minimum Gasteiger partial charge on any atom is -0.363 e. The van der Waals surface area contributed by atoms with Crippen LogP contribution in [0.1, 0.15) is 11.1 Å². The third-order valence-corrected chi connectivity index (χ3v) is 4.36. The van der Waals surface area contributed by atoms with Crippen LogP contribution in [-0.4, -0.2) is 0 Å². The summed E-state index contributed by atoms with van der Waals surface area (Å²) in [5.41, 5.74) is 2.07. The maximum absolute atomic E-state index is 14.0. The van der Waals surface area contributed by atoms with Gasteiger partial charge in [-0.05, 0) is 36.4 Å². The van der Waals surface area contributed by atoms with Crippen LogP contribution in [0.25, 0.3) is 0 Å². The van der Waals surface area contributed by atoms with Gasteiger partial charge < -0.3 is 4.90 Å². The van der Waals surface area contributed by atoms with Crippen LogP contribution in [0.4, 0.5) is 14.5 Å². The van der Waals surface area contributed by atoms with Crippen molar-refractivity contribution < 1.29 is 8.78 Å². The standard InChI is InChI=1S/C20H16BrF2N/c21-17-9-11-18(12-10-17)24(13-15-5-1-3-7-19(15)22)14-16-6-2-4-8-20(16)23/h1-12H,13-14H2. The van der Waals surface area contributed by atoms with Crippen molar-refractivity contribution in [3.05, 3.63) is 100 Å². The molecule has 0 saturated heterocycles. The molecule has 0 unspecified atom stereocenters. The van der Waals surface area contributed by atoms with Gasteiger partial charge in [-0.2, -0.15) is 0 Å². The molecule has 0 aliphatic heterocycles. The Hall–Kier alpha value is -2.20. The monoisotopic (exact) mass is 387 g/mol. The average molecular weight is 388 g/mol. The Morgan fingerprint density at radius 1 is 0.667 bits per heavy atom. The highest BCUT2D eigenvalue weighted by molar-refractivity contribution is 9.10. The summed E-state index contributed by atoms with van der Waals surface area (Å²) in [6, 6.07) is 21.1. The van der Waals surface area contributed by atoms with Gasteiger partial charge in [-0.15, -0.1) is 0 Å². The first-order valence-corrected chi connectivity index (χ1v) is 8.40. The molecule has 0 atom stereocenters. The summed E-state index contributed by atoms with van der Waals surface area (Å²) in [6.45, 7) is 0.727. The molecule has 3 aromatic rings. The lowest BCUT2D eigenvalue weighted by molar-refractivity contribution is 0.591. The maximum atomic E-state index is 14.0. The molecule has 0 fully saturated rings. The first-order chi connectivity index (χ1) is 11.6. The molecule has 24 heavy (non-hydrogen) atoms. The van der Waals surface area contributed by atoms with Gasteiger partial charge in [-0.1, -0.05) is 52.3 Å². The number of hydrogen-bond acceptors (Lipinski definition) is 1. The molecule has 0 spiro atoms. The Morgan fingerprint density at radius 2 is 1.12 bits per heavy atom. The Labute approximate surface area is 148 Å². The van der Waals surface area contributed by atoms with Crippen molar-refractivity contribution in [3.63, 3.8) is 0 Å². The van der Waals surface area contributed by atoms with E-state index in [1.807, 2.05) is 29.2 Å². The van der Waals surface area contributed by atoms with Gasteiger partial charge in [-0.25, -0.2) is 8.78 Å². The molecule has 0 heterocycles. The zero-order chi connectivity index (χ0) is 16.9. The second-order valence-electron chi connectivity index (χ2n) is 5.52. The fraction of sp³-hybridized carbons (Fsp3) is 0.100. The van der Waals surface area contributed by atoms with Gasteiger partial charge in [0.15, 0.2) is 0 Å². The molecule has 3 rings (SSSR count). The summed E-state index contributed by atoms with van der Waals surface area (Å²) in [4.78, 5) is 1.96. The quantitative estimate of drug-likeness (QED) is 0.523.